The number of carbonyl (C=O) groups excluding carboxylic acids is 1. The smallest absolute Gasteiger partial charge is 0.316 e. The van der Waals surface area contributed by atoms with Gasteiger partial charge in [-0.05, 0) is 38.8 Å². The Hall–Kier alpha value is -3.23. The third kappa shape index (κ3) is 3.12. The number of aryl methyl sites for hydroxylation is 1. The summed E-state index contributed by atoms with van der Waals surface area (Å²) >= 11 is 0. The number of fused-ring (bicyclic) bond motifs is 1. The van der Waals surface area contributed by atoms with Gasteiger partial charge >= 0.3 is 5.97 Å². The Kier molecular flexibility index (Phi) is 4.81. The van der Waals surface area contributed by atoms with Gasteiger partial charge in [-0.2, -0.15) is 0 Å². The molecule has 0 amide bonds. The van der Waals surface area contributed by atoms with Crippen molar-refractivity contribution in [3.63, 3.8) is 0 Å². The van der Waals surface area contributed by atoms with E-state index >= 15 is 0 Å². The van der Waals surface area contributed by atoms with Crippen molar-refractivity contribution in [3.8, 4) is 23.1 Å². The molecule has 146 valence electrons. The summed E-state index contributed by atoms with van der Waals surface area (Å²) in [7, 11) is 1.58. The normalized spacial score (nSPS) is 15.9. The molecule has 3 aromatic heterocycles. The summed E-state index contributed by atoms with van der Waals surface area (Å²) in [5, 5.41) is 8.58. The van der Waals surface area contributed by atoms with Crippen LogP contribution in [0, 0.1) is 6.92 Å². The number of ether oxygens (including phenoxy) is 2. The second-order valence-electron chi connectivity index (χ2n) is 6.63. The molecule has 0 aromatic carbocycles. The molecule has 4 heterocycles. The molecule has 0 saturated heterocycles. The fourth-order valence-corrected chi connectivity index (χ4v) is 3.49. The topological polar surface area (TPSA) is 97.0 Å². The molecule has 0 radical (unpaired) electrons. The molecule has 0 aliphatic carbocycles. The van der Waals surface area contributed by atoms with Crippen LogP contribution >= 0.6 is 0 Å². The van der Waals surface area contributed by atoms with E-state index in [1.165, 1.54) is 0 Å². The van der Waals surface area contributed by atoms with Crippen molar-refractivity contribution in [2.45, 2.75) is 39.2 Å². The summed E-state index contributed by atoms with van der Waals surface area (Å²) in [4.78, 5) is 21.1. The van der Waals surface area contributed by atoms with E-state index in [4.69, 9.17) is 9.47 Å². The van der Waals surface area contributed by atoms with Gasteiger partial charge in [-0.1, -0.05) is 0 Å². The van der Waals surface area contributed by atoms with Gasteiger partial charge in [0.05, 0.1) is 25.7 Å². The van der Waals surface area contributed by atoms with Gasteiger partial charge in [0.1, 0.15) is 23.1 Å². The molecule has 28 heavy (non-hydrogen) atoms. The Labute approximate surface area is 162 Å². The first-order valence-corrected chi connectivity index (χ1v) is 9.28. The minimum Gasteiger partial charge on any atom is -0.479 e. The molecule has 1 aliphatic rings. The summed E-state index contributed by atoms with van der Waals surface area (Å²) in [5.74, 6) is 1.08. The van der Waals surface area contributed by atoms with Crippen LogP contribution in [0.5, 0.6) is 5.88 Å². The van der Waals surface area contributed by atoms with E-state index in [-0.39, 0.29) is 11.9 Å². The minimum atomic E-state index is -0.384. The lowest BCUT2D eigenvalue weighted by Crippen LogP contribution is -2.24. The molecule has 0 bridgehead atoms. The highest BCUT2D eigenvalue weighted by atomic mass is 16.5. The number of esters is 1. The van der Waals surface area contributed by atoms with Crippen LogP contribution in [0.4, 0.5) is 0 Å². The second-order valence-corrected chi connectivity index (χ2v) is 6.63. The van der Waals surface area contributed by atoms with Crippen LogP contribution < -0.4 is 4.74 Å². The summed E-state index contributed by atoms with van der Waals surface area (Å²) in [6, 6.07) is 3.79. The number of imidazole rings is 1. The standard InChI is InChI=1S/C19H22N6O3/c1-4-28-19(26)13-6-5-9-25-16(13)22-23-17(25)14-7-8-15(18(21-14)27-3)24-10-12(2)20-11-24/h7-8,10-11,13H,4-6,9H2,1-3H3. The first kappa shape index (κ1) is 18.1. The van der Waals surface area contributed by atoms with E-state index in [1.807, 2.05) is 34.4 Å². The lowest BCUT2D eigenvalue weighted by atomic mass is 9.99. The Morgan fingerprint density at radius 1 is 1.32 bits per heavy atom. The molecular weight excluding hydrogens is 360 g/mol. The van der Waals surface area contributed by atoms with Crippen molar-refractivity contribution in [3.05, 3.63) is 36.2 Å². The zero-order valence-corrected chi connectivity index (χ0v) is 16.1. The number of rotatable bonds is 5. The van der Waals surface area contributed by atoms with Gasteiger partial charge in [0, 0.05) is 12.7 Å². The summed E-state index contributed by atoms with van der Waals surface area (Å²) < 4.78 is 14.5. The fraction of sp³-hybridized carbons (Fsp3) is 0.421. The zero-order valence-electron chi connectivity index (χ0n) is 16.1. The van der Waals surface area contributed by atoms with E-state index in [0.29, 0.717) is 36.3 Å². The summed E-state index contributed by atoms with van der Waals surface area (Å²) in [6.45, 7) is 4.81. The highest BCUT2D eigenvalue weighted by molar-refractivity contribution is 5.77. The molecule has 1 atom stereocenters. The van der Waals surface area contributed by atoms with Crippen molar-refractivity contribution < 1.29 is 14.3 Å². The average Bonchev–Trinajstić information content (AvgIpc) is 3.33. The number of methoxy groups -OCH3 is 1. The SMILES string of the molecule is CCOC(=O)C1CCCn2c(-c3ccc(-n4cnc(C)c4)c(OC)n3)nnc21. The van der Waals surface area contributed by atoms with Gasteiger partial charge in [0.2, 0.25) is 5.88 Å². The van der Waals surface area contributed by atoms with Gasteiger partial charge in [-0.15, -0.1) is 10.2 Å². The van der Waals surface area contributed by atoms with Crippen molar-refractivity contribution in [1.29, 1.82) is 0 Å². The van der Waals surface area contributed by atoms with Crippen LogP contribution in [0.15, 0.2) is 24.7 Å². The predicted octanol–water partition coefficient (Wildman–Crippen LogP) is 2.28. The largest absolute Gasteiger partial charge is 0.479 e. The molecule has 0 spiro atoms. The Balaban J connectivity index is 1.72. The maximum Gasteiger partial charge on any atom is 0.316 e. The lowest BCUT2D eigenvalue weighted by molar-refractivity contribution is -0.145. The Morgan fingerprint density at radius 2 is 2.18 bits per heavy atom. The quantitative estimate of drug-likeness (QED) is 0.625. The Morgan fingerprint density at radius 3 is 2.89 bits per heavy atom. The molecule has 1 unspecified atom stereocenters. The zero-order chi connectivity index (χ0) is 19.7. The summed E-state index contributed by atoms with van der Waals surface area (Å²) in [5.41, 5.74) is 2.33. The first-order chi connectivity index (χ1) is 13.6. The molecule has 1 aliphatic heterocycles. The molecule has 9 heteroatoms. The van der Waals surface area contributed by atoms with Crippen LogP contribution in [0.25, 0.3) is 17.2 Å². The van der Waals surface area contributed by atoms with Crippen LogP contribution in [0.2, 0.25) is 0 Å². The molecule has 4 rings (SSSR count). The van der Waals surface area contributed by atoms with E-state index < -0.39 is 0 Å². The number of carbonyl (C=O) groups is 1. The number of nitrogens with zero attached hydrogens (tertiary/aromatic N) is 6. The van der Waals surface area contributed by atoms with Gasteiger partial charge < -0.3 is 18.6 Å². The van der Waals surface area contributed by atoms with E-state index in [1.54, 1.807) is 20.4 Å². The van der Waals surface area contributed by atoms with Gasteiger partial charge in [0.15, 0.2) is 5.82 Å². The minimum absolute atomic E-state index is 0.251. The van der Waals surface area contributed by atoms with E-state index in [9.17, 15) is 4.79 Å². The lowest BCUT2D eigenvalue weighted by Gasteiger charge is -2.22. The van der Waals surface area contributed by atoms with Crippen molar-refractivity contribution in [2.75, 3.05) is 13.7 Å². The van der Waals surface area contributed by atoms with E-state index in [2.05, 4.69) is 20.2 Å². The van der Waals surface area contributed by atoms with Crippen molar-refractivity contribution in [2.24, 2.45) is 0 Å². The van der Waals surface area contributed by atoms with Crippen LogP contribution in [-0.2, 0) is 16.1 Å². The number of pyridine rings is 1. The van der Waals surface area contributed by atoms with Crippen molar-refractivity contribution >= 4 is 5.97 Å². The molecule has 9 nitrogen and oxygen atoms in total. The number of aromatic nitrogens is 6. The summed E-state index contributed by atoms with van der Waals surface area (Å²) in [6.07, 6.45) is 5.19. The number of hydrogen-bond acceptors (Lipinski definition) is 7. The molecule has 0 fully saturated rings. The van der Waals surface area contributed by atoms with Crippen molar-refractivity contribution in [1.82, 2.24) is 29.3 Å². The maximum absolute atomic E-state index is 12.3. The second kappa shape index (κ2) is 7.41. The Bertz CT molecular complexity index is 1010. The van der Waals surface area contributed by atoms with Gasteiger partial charge in [0.25, 0.3) is 0 Å². The third-order valence-corrected chi connectivity index (χ3v) is 4.79. The van der Waals surface area contributed by atoms with Crippen LogP contribution in [0.3, 0.4) is 0 Å². The fourth-order valence-electron chi connectivity index (χ4n) is 3.49. The third-order valence-electron chi connectivity index (χ3n) is 4.79. The van der Waals surface area contributed by atoms with Crippen LogP contribution in [-0.4, -0.2) is 49.0 Å². The highest BCUT2D eigenvalue weighted by Gasteiger charge is 2.32. The number of hydrogen-bond donors (Lipinski definition) is 0. The first-order valence-electron chi connectivity index (χ1n) is 9.28. The predicted molar refractivity (Wildman–Crippen MR) is 100 cm³/mol. The molecule has 0 N–H and O–H groups in total. The van der Waals surface area contributed by atoms with E-state index in [0.717, 1.165) is 24.3 Å². The van der Waals surface area contributed by atoms with Gasteiger partial charge in [-0.25, -0.2) is 9.97 Å². The van der Waals surface area contributed by atoms with Crippen LogP contribution in [0.1, 0.15) is 37.2 Å². The highest BCUT2D eigenvalue weighted by Crippen LogP contribution is 2.32. The monoisotopic (exact) mass is 382 g/mol. The van der Waals surface area contributed by atoms with Gasteiger partial charge in [-0.3, -0.25) is 4.79 Å². The average molecular weight is 382 g/mol. The molecule has 0 saturated carbocycles. The molecule has 3 aromatic rings. The molecular formula is C19H22N6O3. The maximum atomic E-state index is 12.3.